The first-order chi connectivity index (χ1) is 7.93. The summed E-state index contributed by atoms with van der Waals surface area (Å²) in [7, 11) is 0. The zero-order valence-corrected chi connectivity index (χ0v) is 9.13. The van der Waals surface area contributed by atoms with Crippen LogP contribution in [-0.4, -0.2) is 25.7 Å². The minimum Gasteiger partial charge on any atom is -0.320 e. The van der Waals surface area contributed by atoms with Gasteiger partial charge in [-0.05, 0) is 12.8 Å². The zero-order valence-electron chi connectivity index (χ0n) is 9.13. The van der Waals surface area contributed by atoms with Crippen molar-refractivity contribution in [2.24, 2.45) is 0 Å². The van der Waals surface area contributed by atoms with Crippen molar-refractivity contribution in [2.45, 2.75) is 38.1 Å². The third-order valence-corrected chi connectivity index (χ3v) is 3.14. The molecule has 1 fully saturated rings. The summed E-state index contributed by atoms with van der Waals surface area (Å²) in [4.78, 5) is 12.5. The van der Waals surface area contributed by atoms with Crippen LogP contribution in [0.15, 0.2) is 18.9 Å². The molecule has 0 bridgehead atoms. The van der Waals surface area contributed by atoms with Crippen molar-refractivity contribution in [3.63, 3.8) is 0 Å². The van der Waals surface area contributed by atoms with Gasteiger partial charge in [0.1, 0.15) is 18.2 Å². The van der Waals surface area contributed by atoms with Gasteiger partial charge < -0.3 is 5.43 Å². The molecule has 5 heteroatoms. The predicted molar refractivity (Wildman–Crippen MR) is 61.6 cm³/mol. The molecule has 5 nitrogen and oxygen atoms in total. The van der Waals surface area contributed by atoms with Crippen LogP contribution in [0.3, 0.4) is 0 Å². The highest BCUT2D eigenvalue weighted by Gasteiger charge is 2.14. The second-order valence-electron chi connectivity index (χ2n) is 4.31. The number of nitrogens with one attached hydrogen (secondary N) is 1. The Hall–Kier alpha value is -1.65. The molecular formula is C11H15N5. The van der Waals surface area contributed by atoms with E-state index >= 15 is 0 Å². The largest absolute Gasteiger partial charge is 0.320 e. The number of hydrogen-bond donors (Lipinski definition) is 1. The number of fused-ring (bicyclic) bond motifs is 1. The van der Waals surface area contributed by atoms with Crippen molar-refractivity contribution < 1.29 is 0 Å². The number of rotatable bonds is 2. The fourth-order valence-corrected chi connectivity index (χ4v) is 2.29. The molecule has 2 aromatic heterocycles. The van der Waals surface area contributed by atoms with Crippen molar-refractivity contribution in [1.82, 2.24) is 19.6 Å². The lowest BCUT2D eigenvalue weighted by atomic mass is 9.96. The topological polar surface area (TPSA) is 55.6 Å². The maximum atomic E-state index is 4.26. The van der Waals surface area contributed by atoms with Gasteiger partial charge in [0, 0.05) is 6.04 Å². The molecule has 2 heterocycles. The van der Waals surface area contributed by atoms with Crippen LogP contribution in [-0.2, 0) is 0 Å². The molecule has 1 aliphatic rings. The first-order valence-corrected chi connectivity index (χ1v) is 5.83. The molecule has 1 saturated carbocycles. The van der Waals surface area contributed by atoms with E-state index in [2.05, 4.69) is 20.4 Å². The molecule has 1 N–H and O–H groups in total. The minimum atomic E-state index is 0.557. The molecule has 0 aromatic carbocycles. The van der Waals surface area contributed by atoms with E-state index in [1.54, 1.807) is 18.9 Å². The quantitative estimate of drug-likeness (QED) is 0.832. The standard InChI is InChI=1S/C11H15N5/c1-2-4-9(5-3-1)15-16-8-14-10-6-12-7-13-11(10)16/h6-9,15H,1-5H2. The molecule has 0 amide bonds. The van der Waals surface area contributed by atoms with Gasteiger partial charge in [-0.2, -0.15) is 0 Å². The monoisotopic (exact) mass is 217 g/mol. The Morgan fingerprint density at radius 3 is 2.94 bits per heavy atom. The van der Waals surface area contributed by atoms with Crippen LogP contribution in [0.2, 0.25) is 0 Å². The molecule has 2 aromatic rings. The summed E-state index contributed by atoms with van der Waals surface area (Å²) in [5.41, 5.74) is 5.17. The first-order valence-electron chi connectivity index (χ1n) is 5.83. The van der Waals surface area contributed by atoms with Crippen LogP contribution in [0.25, 0.3) is 11.2 Å². The van der Waals surface area contributed by atoms with Crippen LogP contribution in [0, 0.1) is 0 Å². The third kappa shape index (κ3) is 1.73. The van der Waals surface area contributed by atoms with Crippen LogP contribution in [0.1, 0.15) is 32.1 Å². The average molecular weight is 217 g/mol. The summed E-state index contributed by atoms with van der Waals surface area (Å²) in [5, 5.41) is 0. The van der Waals surface area contributed by atoms with Crippen molar-refractivity contribution in [3.05, 3.63) is 18.9 Å². The lowest BCUT2D eigenvalue weighted by Gasteiger charge is -2.23. The normalized spacial score (nSPS) is 17.8. The number of hydrogen-bond acceptors (Lipinski definition) is 4. The maximum absolute atomic E-state index is 4.26. The van der Waals surface area contributed by atoms with E-state index in [4.69, 9.17) is 0 Å². The Bertz CT molecular complexity index is 472. The van der Waals surface area contributed by atoms with Crippen LogP contribution in [0.5, 0.6) is 0 Å². The van der Waals surface area contributed by atoms with Gasteiger partial charge >= 0.3 is 0 Å². The summed E-state index contributed by atoms with van der Waals surface area (Å²) in [6.45, 7) is 0. The molecule has 16 heavy (non-hydrogen) atoms. The lowest BCUT2D eigenvalue weighted by molar-refractivity contribution is 0.440. The van der Waals surface area contributed by atoms with Gasteiger partial charge in [0.2, 0.25) is 0 Å². The molecule has 0 spiro atoms. The maximum Gasteiger partial charge on any atom is 0.181 e. The first kappa shape index (κ1) is 9.57. The second-order valence-corrected chi connectivity index (χ2v) is 4.31. The Labute approximate surface area is 93.9 Å². The van der Waals surface area contributed by atoms with Gasteiger partial charge in [-0.25, -0.2) is 19.6 Å². The summed E-state index contributed by atoms with van der Waals surface area (Å²) in [5.74, 6) is 0. The summed E-state index contributed by atoms with van der Waals surface area (Å²) < 4.78 is 1.92. The number of nitrogens with zero attached hydrogens (tertiary/aromatic N) is 4. The Kier molecular flexibility index (Phi) is 2.44. The van der Waals surface area contributed by atoms with Gasteiger partial charge in [-0.3, -0.25) is 0 Å². The van der Waals surface area contributed by atoms with Gasteiger partial charge in [0.25, 0.3) is 0 Å². The average Bonchev–Trinajstić information content (AvgIpc) is 2.74. The molecule has 84 valence electrons. The molecule has 3 rings (SSSR count). The third-order valence-electron chi connectivity index (χ3n) is 3.14. The molecule has 0 aliphatic heterocycles. The van der Waals surface area contributed by atoms with Crippen LogP contribution < -0.4 is 5.43 Å². The fourth-order valence-electron chi connectivity index (χ4n) is 2.29. The molecule has 0 atom stereocenters. The summed E-state index contributed by atoms with van der Waals surface area (Å²) in [6.07, 6.45) is 11.6. The summed E-state index contributed by atoms with van der Waals surface area (Å²) in [6, 6.07) is 0.557. The van der Waals surface area contributed by atoms with E-state index in [0.29, 0.717) is 6.04 Å². The molecule has 0 saturated heterocycles. The Morgan fingerprint density at radius 2 is 2.06 bits per heavy atom. The number of aromatic nitrogens is 4. The minimum absolute atomic E-state index is 0.557. The summed E-state index contributed by atoms with van der Waals surface area (Å²) >= 11 is 0. The van der Waals surface area contributed by atoms with E-state index < -0.39 is 0 Å². The van der Waals surface area contributed by atoms with Gasteiger partial charge in [-0.15, -0.1) is 0 Å². The lowest BCUT2D eigenvalue weighted by Crippen LogP contribution is -2.29. The smallest absolute Gasteiger partial charge is 0.181 e. The van der Waals surface area contributed by atoms with Crippen molar-refractivity contribution in [1.29, 1.82) is 0 Å². The van der Waals surface area contributed by atoms with Crippen molar-refractivity contribution in [2.75, 3.05) is 5.43 Å². The van der Waals surface area contributed by atoms with Crippen LogP contribution in [0.4, 0.5) is 0 Å². The zero-order chi connectivity index (χ0) is 10.8. The molecule has 0 radical (unpaired) electrons. The van der Waals surface area contributed by atoms with Gasteiger partial charge in [0.15, 0.2) is 5.65 Å². The second kappa shape index (κ2) is 4.08. The van der Waals surface area contributed by atoms with Gasteiger partial charge in [0.05, 0.1) is 6.20 Å². The van der Waals surface area contributed by atoms with Crippen LogP contribution >= 0.6 is 0 Å². The van der Waals surface area contributed by atoms with Crippen molar-refractivity contribution in [3.8, 4) is 0 Å². The predicted octanol–water partition coefficient (Wildman–Crippen LogP) is 1.70. The van der Waals surface area contributed by atoms with E-state index in [0.717, 1.165) is 11.2 Å². The van der Waals surface area contributed by atoms with E-state index in [9.17, 15) is 0 Å². The molecule has 0 unspecified atom stereocenters. The molecule has 1 aliphatic carbocycles. The van der Waals surface area contributed by atoms with E-state index in [1.807, 2.05) is 4.68 Å². The van der Waals surface area contributed by atoms with Gasteiger partial charge in [-0.1, -0.05) is 19.3 Å². The highest BCUT2D eigenvalue weighted by atomic mass is 15.4. The van der Waals surface area contributed by atoms with E-state index in [-0.39, 0.29) is 0 Å². The number of imidazole rings is 1. The Balaban J connectivity index is 1.83. The van der Waals surface area contributed by atoms with E-state index in [1.165, 1.54) is 32.1 Å². The molecular weight excluding hydrogens is 202 g/mol. The van der Waals surface area contributed by atoms with Crippen molar-refractivity contribution >= 4 is 11.2 Å². The highest BCUT2D eigenvalue weighted by Crippen LogP contribution is 2.18. The Morgan fingerprint density at radius 1 is 1.19 bits per heavy atom. The fraction of sp³-hybridized carbons (Fsp3) is 0.545. The SMILES string of the molecule is c1ncc2ncn(NC3CCCCC3)c2n1. The highest BCUT2D eigenvalue weighted by molar-refractivity contribution is 5.69.